The molecular formula is C23H25N3O5S. The van der Waals surface area contributed by atoms with Crippen LogP contribution in [0.1, 0.15) is 23.3 Å². The number of hydrogen-bond donors (Lipinski definition) is 5. The molecule has 32 heavy (non-hydrogen) atoms. The average molecular weight is 456 g/mol. The first-order chi connectivity index (χ1) is 15.2. The summed E-state index contributed by atoms with van der Waals surface area (Å²) in [6.07, 6.45) is -0.0983. The van der Waals surface area contributed by atoms with Crippen molar-refractivity contribution < 1.29 is 23.4 Å². The Kier molecular flexibility index (Phi) is 7.47. The molecular weight excluding hydrogens is 430 g/mol. The summed E-state index contributed by atoms with van der Waals surface area (Å²) in [5.74, 6) is -0.552. The predicted molar refractivity (Wildman–Crippen MR) is 124 cm³/mol. The van der Waals surface area contributed by atoms with Crippen LogP contribution in [0.4, 0.5) is 11.4 Å². The van der Waals surface area contributed by atoms with Crippen LogP contribution in [-0.4, -0.2) is 37.3 Å². The van der Waals surface area contributed by atoms with Gasteiger partial charge in [-0.2, -0.15) is 0 Å². The number of hydrogen-bond acceptors (Lipinski definition) is 6. The zero-order valence-corrected chi connectivity index (χ0v) is 18.2. The summed E-state index contributed by atoms with van der Waals surface area (Å²) >= 11 is 0. The monoisotopic (exact) mass is 455 g/mol. The Morgan fingerprint density at radius 3 is 2.19 bits per heavy atom. The zero-order chi connectivity index (χ0) is 23.1. The molecule has 0 aliphatic heterocycles. The molecule has 0 fully saturated rings. The van der Waals surface area contributed by atoms with Crippen LogP contribution in [0.3, 0.4) is 0 Å². The molecule has 3 aromatic carbocycles. The van der Waals surface area contributed by atoms with Crippen molar-refractivity contribution in [2.45, 2.75) is 12.1 Å². The fourth-order valence-corrected chi connectivity index (χ4v) is 3.70. The van der Waals surface area contributed by atoms with Gasteiger partial charge >= 0.3 is 0 Å². The summed E-state index contributed by atoms with van der Waals surface area (Å²) in [5.41, 5.74) is 1.70. The van der Waals surface area contributed by atoms with Gasteiger partial charge < -0.3 is 15.5 Å². The Balaban J connectivity index is 1.76. The molecule has 0 heterocycles. The standard InChI is InChI=1S/C23H25N3O5S/c1-32(30,31)26-19-14-17(12-13-20(19)27)21(28)15-24-22(16-8-4-2-5-9-16)23(29)25-18-10-6-3-7-11-18/h2-14,21-22,24,26-28H,15H2,1H3,(H,25,29)/t21-,22-/m0/s1. The first-order valence-corrected chi connectivity index (χ1v) is 11.7. The molecule has 0 aliphatic carbocycles. The molecule has 168 valence electrons. The quantitative estimate of drug-likeness (QED) is 0.316. The van der Waals surface area contributed by atoms with Gasteiger partial charge in [0, 0.05) is 12.2 Å². The molecule has 5 N–H and O–H groups in total. The highest BCUT2D eigenvalue weighted by atomic mass is 32.2. The molecule has 1 amide bonds. The van der Waals surface area contributed by atoms with E-state index >= 15 is 0 Å². The Morgan fingerprint density at radius 2 is 1.56 bits per heavy atom. The number of aromatic hydroxyl groups is 1. The topological polar surface area (TPSA) is 128 Å². The van der Waals surface area contributed by atoms with Gasteiger partial charge in [-0.15, -0.1) is 0 Å². The number of rotatable bonds is 9. The lowest BCUT2D eigenvalue weighted by molar-refractivity contribution is -0.118. The molecule has 0 unspecified atom stereocenters. The summed E-state index contributed by atoms with van der Waals surface area (Å²) < 4.78 is 25.2. The number of phenols is 1. The second kappa shape index (κ2) is 10.3. The molecule has 0 saturated heterocycles. The van der Waals surface area contributed by atoms with E-state index in [1.54, 1.807) is 12.1 Å². The first-order valence-electron chi connectivity index (χ1n) is 9.86. The number of carbonyl (C=O) groups excluding carboxylic acids is 1. The van der Waals surface area contributed by atoms with Gasteiger partial charge in [0.1, 0.15) is 11.8 Å². The van der Waals surface area contributed by atoms with E-state index in [9.17, 15) is 23.4 Å². The lowest BCUT2D eigenvalue weighted by Gasteiger charge is -2.21. The largest absolute Gasteiger partial charge is 0.506 e. The van der Waals surface area contributed by atoms with Gasteiger partial charge in [-0.05, 0) is 35.4 Å². The molecule has 2 atom stereocenters. The number of amides is 1. The van der Waals surface area contributed by atoms with Crippen LogP contribution in [0, 0.1) is 0 Å². The van der Waals surface area contributed by atoms with Gasteiger partial charge in [0.15, 0.2) is 0 Å². The van der Waals surface area contributed by atoms with Crippen molar-refractivity contribution in [1.82, 2.24) is 5.32 Å². The third kappa shape index (κ3) is 6.55. The number of para-hydroxylation sites is 1. The van der Waals surface area contributed by atoms with Crippen LogP contribution < -0.4 is 15.4 Å². The molecule has 0 bridgehead atoms. The Morgan fingerprint density at radius 1 is 0.938 bits per heavy atom. The average Bonchev–Trinajstić information content (AvgIpc) is 2.76. The van der Waals surface area contributed by atoms with Gasteiger partial charge in [0.2, 0.25) is 15.9 Å². The molecule has 0 aromatic heterocycles. The van der Waals surface area contributed by atoms with Crippen molar-refractivity contribution in [3.63, 3.8) is 0 Å². The highest BCUT2D eigenvalue weighted by molar-refractivity contribution is 7.92. The summed E-state index contributed by atoms with van der Waals surface area (Å²) in [7, 11) is -3.61. The molecule has 0 radical (unpaired) electrons. The number of aliphatic hydroxyl groups excluding tert-OH is 1. The number of nitrogens with one attached hydrogen (secondary N) is 3. The van der Waals surface area contributed by atoms with Crippen LogP contribution in [0.25, 0.3) is 0 Å². The highest BCUT2D eigenvalue weighted by Crippen LogP contribution is 2.28. The van der Waals surface area contributed by atoms with Crippen molar-refractivity contribution in [3.05, 3.63) is 90.0 Å². The molecule has 0 saturated carbocycles. The van der Waals surface area contributed by atoms with Crippen molar-refractivity contribution >= 4 is 27.3 Å². The van der Waals surface area contributed by atoms with E-state index in [1.165, 1.54) is 18.2 Å². The number of benzene rings is 3. The number of aliphatic hydroxyl groups is 1. The zero-order valence-electron chi connectivity index (χ0n) is 17.4. The third-order valence-corrected chi connectivity index (χ3v) is 5.24. The first kappa shape index (κ1) is 23.3. The van der Waals surface area contributed by atoms with E-state index in [4.69, 9.17) is 0 Å². The minimum absolute atomic E-state index is 0.00482. The van der Waals surface area contributed by atoms with Crippen LogP contribution in [0.5, 0.6) is 5.75 Å². The van der Waals surface area contributed by atoms with E-state index < -0.39 is 22.2 Å². The molecule has 9 heteroatoms. The Bertz CT molecular complexity index is 1150. The summed E-state index contributed by atoms with van der Waals surface area (Å²) in [6.45, 7) is 0.00482. The van der Waals surface area contributed by atoms with Crippen LogP contribution >= 0.6 is 0 Å². The van der Waals surface area contributed by atoms with E-state index in [2.05, 4.69) is 15.4 Å². The maximum absolute atomic E-state index is 13.0. The van der Waals surface area contributed by atoms with Crippen LogP contribution in [-0.2, 0) is 14.8 Å². The fourth-order valence-electron chi connectivity index (χ4n) is 3.13. The van der Waals surface area contributed by atoms with Crippen molar-refractivity contribution in [2.24, 2.45) is 0 Å². The van der Waals surface area contributed by atoms with Gasteiger partial charge in [-0.25, -0.2) is 8.42 Å². The summed E-state index contributed by atoms with van der Waals surface area (Å²) in [5, 5.41) is 26.5. The SMILES string of the molecule is CS(=O)(=O)Nc1cc([C@@H](O)CN[C@H](C(=O)Nc2ccccc2)c2ccccc2)ccc1O. The van der Waals surface area contributed by atoms with Gasteiger partial charge in [-0.3, -0.25) is 14.8 Å². The smallest absolute Gasteiger partial charge is 0.246 e. The number of phenolic OH excluding ortho intramolecular Hbond substituents is 1. The lowest BCUT2D eigenvalue weighted by Crippen LogP contribution is -2.35. The molecule has 0 spiro atoms. The maximum Gasteiger partial charge on any atom is 0.246 e. The van der Waals surface area contributed by atoms with Crippen molar-refractivity contribution in [2.75, 3.05) is 22.8 Å². The van der Waals surface area contributed by atoms with E-state index in [1.807, 2.05) is 48.5 Å². The Hall–Kier alpha value is -3.40. The van der Waals surface area contributed by atoms with Crippen molar-refractivity contribution in [3.8, 4) is 5.75 Å². The fraction of sp³-hybridized carbons (Fsp3) is 0.174. The maximum atomic E-state index is 13.0. The Labute approximate surface area is 187 Å². The molecule has 3 rings (SSSR count). The second-order valence-electron chi connectivity index (χ2n) is 7.27. The third-order valence-electron chi connectivity index (χ3n) is 4.65. The van der Waals surface area contributed by atoms with E-state index in [0.29, 0.717) is 11.3 Å². The highest BCUT2D eigenvalue weighted by Gasteiger charge is 2.22. The molecule has 0 aliphatic rings. The molecule has 8 nitrogen and oxygen atoms in total. The van der Waals surface area contributed by atoms with E-state index in [-0.39, 0.29) is 23.9 Å². The van der Waals surface area contributed by atoms with Gasteiger partial charge in [-0.1, -0.05) is 54.6 Å². The molecule has 3 aromatic rings. The second-order valence-corrected chi connectivity index (χ2v) is 9.02. The number of anilines is 2. The van der Waals surface area contributed by atoms with E-state index in [0.717, 1.165) is 11.8 Å². The van der Waals surface area contributed by atoms with Gasteiger partial charge in [0.05, 0.1) is 18.0 Å². The summed E-state index contributed by atoms with van der Waals surface area (Å²) in [6, 6.07) is 21.5. The number of sulfonamides is 1. The predicted octanol–water partition coefficient (Wildman–Crippen LogP) is 2.77. The minimum atomic E-state index is -3.61. The summed E-state index contributed by atoms with van der Waals surface area (Å²) in [4.78, 5) is 13.0. The number of carbonyl (C=O) groups is 1. The normalized spacial score (nSPS) is 13.2. The van der Waals surface area contributed by atoms with Gasteiger partial charge in [0.25, 0.3) is 0 Å². The minimum Gasteiger partial charge on any atom is -0.506 e. The van der Waals surface area contributed by atoms with Crippen LogP contribution in [0.15, 0.2) is 78.9 Å². The lowest BCUT2D eigenvalue weighted by atomic mass is 10.0. The van der Waals surface area contributed by atoms with Crippen LogP contribution in [0.2, 0.25) is 0 Å². The van der Waals surface area contributed by atoms with Crippen molar-refractivity contribution in [1.29, 1.82) is 0 Å².